The third-order valence-corrected chi connectivity index (χ3v) is 8.29. The van der Waals surface area contributed by atoms with Gasteiger partial charge in [-0.15, -0.1) is 0 Å². The highest BCUT2D eigenvalue weighted by Crippen LogP contribution is 2.37. The Hall–Kier alpha value is -3.47. The summed E-state index contributed by atoms with van der Waals surface area (Å²) in [5, 5.41) is 6.27. The zero-order valence-corrected chi connectivity index (χ0v) is 23.4. The van der Waals surface area contributed by atoms with Crippen LogP contribution in [-0.2, 0) is 25.7 Å². The van der Waals surface area contributed by atoms with Gasteiger partial charge in [-0.05, 0) is 50.5 Å². The summed E-state index contributed by atoms with van der Waals surface area (Å²) < 4.78 is 6.81. The van der Waals surface area contributed by atoms with Crippen LogP contribution < -0.4 is 21.9 Å². The number of carbonyl (C=O) groups is 4. The Bertz CT molecular complexity index is 1200. The van der Waals surface area contributed by atoms with Gasteiger partial charge in [0.05, 0.1) is 17.6 Å². The fraction of sp³-hybridized carbons (Fsp3) is 0.621. The summed E-state index contributed by atoms with van der Waals surface area (Å²) in [5.74, 6) is -0.886. The molecule has 0 saturated carbocycles. The van der Waals surface area contributed by atoms with E-state index in [-0.39, 0.29) is 47.7 Å². The molecule has 2 saturated heterocycles. The smallest absolute Gasteiger partial charge is 0.255 e. The highest BCUT2D eigenvalue weighted by atomic mass is 16.5. The number of primary amides is 1. The molecule has 0 aromatic carbocycles. The van der Waals surface area contributed by atoms with Crippen LogP contribution in [0, 0.1) is 17.3 Å². The number of pyridine rings is 1. The molecule has 4 amide bonds. The number of nitrogens with zero attached hydrogens (tertiary/aromatic N) is 2. The topological polar surface area (TPSA) is 153 Å². The van der Waals surface area contributed by atoms with Crippen molar-refractivity contribution in [2.24, 2.45) is 23.0 Å². The number of amides is 4. The number of piperidine rings is 1. The molecule has 1 aromatic rings. The zero-order chi connectivity index (χ0) is 28.9. The summed E-state index contributed by atoms with van der Waals surface area (Å²) in [7, 11) is 0. The van der Waals surface area contributed by atoms with Gasteiger partial charge in [0.2, 0.25) is 17.7 Å². The Morgan fingerprint density at radius 1 is 1.12 bits per heavy atom. The number of rotatable bonds is 5. The van der Waals surface area contributed by atoms with Gasteiger partial charge in [0.15, 0.2) is 0 Å². The first kappa shape index (κ1) is 29.5. The first-order chi connectivity index (χ1) is 19.1. The molecule has 4 heterocycles. The van der Waals surface area contributed by atoms with E-state index in [1.54, 1.807) is 4.90 Å². The molecular weight excluding hydrogens is 514 g/mol. The number of nitrogens with two attached hydrogens (primary N) is 1. The summed E-state index contributed by atoms with van der Waals surface area (Å²) in [6, 6.07) is 2.06. The van der Waals surface area contributed by atoms with Crippen LogP contribution in [0.1, 0.15) is 62.7 Å². The summed E-state index contributed by atoms with van der Waals surface area (Å²) in [6.45, 7) is 5.63. The van der Waals surface area contributed by atoms with Gasteiger partial charge in [-0.25, -0.2) is 0 Å². The molecule has 0 bridgehead atoms. The second kappa shape index (κ2) is 12.8. The Morgan fingerprint density at radius 3 is 2.58 bits per heavy atom. The van der Waals surface area contributed by atoms with Crippen molar-refractivity contribution in [3.63, 3.8) is 0 Å². The van der Waals surface area contributed by atoms with E-state index in [0.717, 1.165) is 17.4 Å². The fourth-order valence-corrected chi connectivity index (χ4v) is 5.89. The molecular formula is C29H41N5O6. The molecule has 1 aromatic heterocycles. The normalized spacial score (nSPS) is 26.2. The molecule has 3 atom stereocenters. The summed E-state index contributed by atoms with van der Waals surface area (Å²) in [6.07, 6.45) is 8.90. The number of nitrogens with one attached hydrogen (secondary N) is 2. The van der Waals surface area contributed by atoms with Gasteiger partial charge in [0.1, 0.15) is 12.6 Å². The van der Waals surface area contributed by atoms with E-state index in [4.69, 9.17) is 10.5 Å². The average Bonchev–Trinajstić information content (AvgIpc) is 2.91. The number of likely N-dealkylation sites (tertiary alicyclic amines) is 1. The molecule has 2 fully saturated rings. The van der Waals surface area contributed by atoms with Crippen molar-refractivity contribution in [3.8, 4) is 0 Å². The second-order valence-electron chi connectivity index (χ2n) is 11.7. The van der Waals surface area contributed by atoms with Crippen LogP contribution in [-0.4, -0.2) is 71.5 Å². The van der Waals surface area contributed by atoms with E-state index in [1.165, 1.54) is 18.3 Å². The Balaban J connectivity index is 1.52. The largest absolute Gasteiger partial charge is 0.381 e. The van der Waals surface area contributed by atoms with Crippen LogP contribution in [0.25, 0.3) is 0 Å². The van der Waals surface area contributed by atoms with Crippen molar-refractivity contribution in [3.05, 3.63) is 46.4 Å². The Labute approximate surface area is 234 Å². The van der Waals surface area contributed by atoms with Crippen molar-refractivity contribution in [2.45, 2.75) is 71.0 Å². The predicted octanol–water partition coefficient (Wildman–Crippen LogP) is 0.958. The lowest BCUT2D eigenvalue weighted by atomic mass is 9.74. The molecule has 4 rings (SSSR count). The van der Waals surface area contributed by atoms with E-state index in [0.29, 0.717) is 52.0 Å². The van der Waals surface area contributed by atoms with Gasteiger partial charge >= 0.3 is 0 Å². The van der Waals surface area contributed by atoms with E-state index in [9.17, 15) is 24.0 Å². The Kier molecular flexibility index (Phi) is 9.44. The minimum absolute atomic E-state index is 0.0115. The maximum absolute atomic E-state index is 13.8. The lowest BCUT2D eigenvalue weighted by Crippen LogP contribution is -2.57. The first-order valence-corrected chi connectivity index (χ1v) is 14.2. The number of fused-ring (bicyclic) bond motifs is 1. The van der Waals surface area contributed by atoms with Crippen LogP contribution in [0.2, 0.25) is 0 Å². The lowest BCUT2D eigenvalue weighted by Gasteiger charge is -2.41. The number of hydrogen-bond acceptors (Lipinski definition) is 6. The van der Waals surface area contributed by atoms with Crippen LogP contribution >= 0.6 is 0 Å². The van der Waals surface area contributed by atoms with Gasteiger partial charge in [-0.3, -0.25) is 24.0 Å². The van der Waals surface area contributed by atoms with Crippen LogP contribution in [0.15, 0.2) is 35.3 Å². The van der Waals surface area contributed by atoms with Crippen molar-refractivity contribution in [1.29, 1.82) is 0 Å². The van der Waals surface area contributed by atoms with Crippen LogP contribution in [0.4, 0.5) is 0 Å². The number of ether oxygens (including phenoxy) is 1. The van der Waals surface area contributed by atoms with E-state index >= 15 is 0 Å². The van der Waals surface area contributed by atoms with Gasteiger partial charge in [0, 0.05) is 43.9 Å². The van der Waals surface area contributed by atoms with E-state index in [1.807, 2.05) is 13.8 Å². The van der Waals surface area contributed by atoms with Crippen LogP contribution in [0.5, 0.6) is 0 Å². The van der Waals surface area contributed by atoms with E-state index < -0.39 is 22.9 Å². The molecule has 218 valence electrons. The van der Waals surface area contributed by atoms with Gasteiger partial charge < -0.3 is 30.6 Å². The van der Waals surface area contributed by atoms with Crippen LogP contribution in [0.3, 0.4) is 0 Å². The highest BCUT2D eigenvalue weighted by molar-refractivity contribution is 5.94. The number of allylic oxidation sites excluding steroid dienone is 2. The van der Waals surface area contributed by atoms with Crippen molar-refractivity contribution < 1.29 is 23.9 Å². The maximum Gasteiger partial charge on any atom is 0.255 e. The van der Waals surface area contributed by atoms with Gasteiger partial charge in [-0.1, -0.05) is 26.0 Å². The van der Waals surface area contributed by atoms with Crippen molar-refractivity contribution in [1.82, 2.24) is 20.1 Å². The predicted molar refractivity (Wildman–Crippen MR) is 148 cm³/mol. The SMILES string of the molecule is CC(C)C[C@@H]1NC(=O)C2(C/C=C/C[C@@H]3COCC[C@@H]3NC1=O)CCN(C(=O)c1ccc(=O)n(CC(N)=O)c1)CC2. The minimum atomic E-state index is -0.755. The molecule has 0 aliphatic carbocycles. The molecule has 1 spiro atoms. The third-order valence-electron chi connectivity index (χ3n) is 8.29. The number of aromatic nitrogens is 1. The molecule has 3 aliphatic heterocycles. The Morgan fingerprint density at radius 2 is 1.88 bits per heavy atom. The number of carbonyl (C=O) groups excluding carboxylic acids is 4. The molecule has 3 aliphatic rings. The van der Waals surface area contributed by atoms with Gasteiger partial charge in [-0.2, -0.15) is 0 Å². The first-order valence-electron chi connectivity index (χ1n) is 14.2. The third kappa shape index (κ3) is 6.99. The average molecular weight is 556 g/mol. The minimum Gasteiger partial charge on any atom is -0.381 e. The molecule has 4 N–H and O–H groups in total. The van der Waals surface area contributed by atoms with Crippen molar-refractivity contribution >= 4 is 23.6 Å². The van der Waals surface area contributed by atoms with Gasteiger partial charge in [0.25, 0.3) is 11.5 Å². The zero-order valence-electron chi connectivity index (χ0n) is 23.4. The second-order valence-corrected chi connectivity index (χ2v) is 11.7. The standard InChI is InChI=1S/C29H41N5O6/c1-19(2)15-23-26(37)31-22-8-14-40-18-21(22)5-3-4-9-29(28(39)32-23)10-12-33(13-11-29)27(38)20-6-7-25(36)34(16-20)17-24(30)35/h3-4,6-7,16,19,21-23H,5,8-15,17-18H2,1-2H3,(H2,30,35)(H,31,37)(H,32,39)/b4-3+/t21-,22+,23+/m1/s1. The lowest BCUT2D eigenvalue weighted by molar-refractivity contribution is -0.138. The fourth-order valence-electron chi connectivity index (χ4n) is 5.89. The summed E-state index contributed by atoms with van der Waals surface area (Å²) in [5.41, 5.74) is 4.33. The van der Waals surface area contributed by atoms with E-state index in [2.05, 4.69) is 22.8 Å². The summed E-state index contributed by atoms with van der Waals surface area (Å²) >= 11 is 0. The van der Waals surface area contributed by atoms with Crippen molar-refractivity contribution in [2.75, 3.05) is 26.3 Å². The molecule has 11 nitrogen and oxygen atoms in total. The number of hydrogen-bond donors (Lipinski definition) is 3. The summed E-state index contributed by atoms with van der Waals surface area (Å²) in [4.78, 5) is 65.5. The monoisotopic (exact) mass is 555 g/mol. The molecule has 11 heteroatoms. The maximum atomic E-state index is 13.8. The highest BCUT2D eigenvalue weighted by Gasteiger charge is 2.43. The molecule has 0 radical (unpaired) electrons. The quantitative estimate of drug-likeness (QED) is 0.460. The molecule has 40 heavy (non-hydrogen) atoms. The molecule has 0 unspecified atom stereocenters.